The van der Waals surface area contributed by atoms with E-state index >= 15 is 0 Å². The molecule has 1 aromatic rings. The van der Waals surface area contributed by atoms with Gasteiger partial charge in [-0.3, -0.25) is 24.0 Å². The van der Waals surface area contributed by atoms with Gasteiger partial charge in [-0.05, 0) is 37.0 Å². The molecule has 9 N–H and O–H groups in total. The smallest absolute Gasteiger partial charge is 0.326 e. The summed E-state index contributed by atoms with van der Waals surface area (Å²) in [5.41, 5.74) is 6.49. The van der Waals surface area contributed by atoms with Crippen molar-refractivity contribution < 1.29 is 49.2 Å². The fourth-order valence-electron chi connectivity index (χ4n) is 2.86. The number of hydrogen-bond donors (Lipinski definition) is 8. The van der Waals surface area contributed by atoms with Crippen molar-refractivity contribution in [2.24, 2.45) is 5.73 Å². The van der Waals surface area contributed by atoms with Gasteiger partial charge in [-0.2, -0.15) is 0 Å². The van der Waals surface area contributed by atoms with Gasteiger partial charge in [0.15, 0.2) is 0 Å². The van der Waals surface area contributed by atoms with Crippen LogP contribution in [0.15, 0.2) is 24.3 Å². The highest BCUT2D eigenvalue weighted by Crippen LogP contribution is 2.11. The minimum absolute atomic E-state index is 0.0257. The molecule has 0 saturated heterocycles. The molecule has 3 atom stereocenters. The molecule has 3 amide bonds. The summed E-state index contributed by atoms with van der Waals surface area (Å²) in [6, 6.07) is 1.98. The van der Waals surface area contributed by atoms with Crippen LogP contribution in [0, 0.1) is 0 Å². The average molecular weight is 496 g/mol. The van der Waals surface area contributed by atoms with Crippen molar-refractivity contribution in [1.29, 1.82) is 0 Å². The maximum absolute atomic E-state index is 12.5. The molecule has 14 heteroatoms. The lowest BCUT2D eigenvalue weighted by Crippen LogP contribution is -2.54. The van der Waals surface area contributed by atoms with Gasteiger partial charge in [-0.25, -0.2) is 4.79 Å². The SMILES string of the molecule is NC(Cc1ccc(O)cc1)C(=O)NC(CCC(=O)O)C(=O)NCC(=O)NC(CCC(=O)O)C(=O)O. The summed E-state index contributed by atoms with van der Waals surface area (Å²) in [6.45, 7) is -0.700. The Morgan fingerprint density at radius 1 is 0.800 bits per heavy atom. The molecule has 0 fully saturated rings. The second kappa shape index (κ2) is 14.1. The van der Waals surface area contributed by atoms with Gasteiger partial charge in [-0.15, -0.1) is 0 Å². The van der Waals surface area contributed by atoms with E-state index < -0.39 is 73.1 Å². The van der Waals surface area contributed by atoms with Gasteiger partial charge in [0.25, 0.3) is 0 Å². The summed E-state index contributed by atoms with van der Waals surface area (Å²) in [6.07, 6.45) is -1.60. The molecule has 0 spiro atoms. The number of amides is 3. The zero-order valence-corrected chi connectivity index (χ0v) is 18.6. The van der Waals surface area contributed by atoms with E-state index in [1.165, 1.54) is 12.1 Å². The Balaban J connectivity index is 2.71. The molecule has 192 valence electrons. The number of aromatic hydroxyl groups is 1. The minimum atomic E-state index is -1.49. The van der Waals surface area contributed by atoms with Crippen LogP contribution in [0.2, 0.25) is 0 Å². The third kappa shape index (κ3) is 11.5. The topological polar surface area (TPSA) is 245 Å². The molecule has 0 aliphatic rings. The number of hydrogen-bond acceptors (Lipinski definition) is 8. The number of carboxylic acid groups (broad SMARTS) is 3. The summed E-state index contributed by atoms with van der Waals surface area (Å²) in [5.74, 6) is -6.50. The number of phenolic OH excluding ortho intramolecular Hbond substituents is 1. The molecule has 0 aliphatic carbocycles. The maximum Gasteiger partial charge on any atom is 0.326 e. The number of benzene rings is 1. The second-order valence-electron chi connectivity index (χ2n) is 7.58. The average Bonchev–Trinajstić information content (AvgIpc) is 2.78. The van der Waals surface area contributed by atoms with Crippen LogP contribution in [-0.2, 0) is 35.2 Å². The van der Waals surface area contributed by atoms with Crippen molar-refractivity contribution >= 4 is 35.6 Å². The summed E-state index contributed by atoms with van der Waals surface area (Å²) in [7, 11) is 0. The molecule has 0 aromatic heterocycles. The molecule has 0 bridgehead atoms. The van der Waals surface area contributed by atoms with Crippen molar-refractivity contribution in [2.75, 3.05) is 6.54 Å². The van der Waals surface area contributed by atoms with Crippen molar-refractivity contribution in [3.8, 4) is 5.75 Å². The molecule has 3 unspecified atom stereocenters. The van der Waals surface area contributed by atoms with E-state index in [4.69, 9.17) is 21.1 Å². The molecular formula is C21H28N4O10. The molecule has 1 rings (SSSR count). The zero-order valence-electron chi connectivity index (χ0n) is 18.6. The fourth-order valence-corrected chi connectivity index (χ4v) is 2.86. The number of aliphatic carboxylic acids is 3. The van der Waals surface area contributed by atoms with Crippen LogP contribution in [0.5, 0.6) is 5.75 Å². The number of rotatable bonds is 15. The molecule has 0 radical (unpaired) electrons. The molecule has 0 aliphatic heterocycles. The van der Waals surface area contributed by atoms with Crippen LogP contribution in [0.25, 0.3) is 0 Å². The predicted octanol–water partition coefficient (Wildman–Crippen LogP) is -1.84. The van der Waals surface area contributed by atoms with Crippen LogP contribution in [-0.4, -0.2) is 80.7 Å². The van der Waals surface area contributed by atoms with Gasteiger partial charge in [0.05, 0.1) is 12.6 Å². The second-order valence-corrected chi connectivity index (χ2v) is 7.58. The van der Waals surface area contributed by atoms with E-state index in [0.717, 1.165) is 0 Å². The van der Waals surface area contributed by atoms with Crippen molar-refractivity contribution in [2.45, 2.75) is 50.2 Å². The first-order valence-corrected chi connectivity index (χ1v) is 10.5. The van der Waals surface area contributed by atoms with E-state index in [1.807, 2.05) is 0 Å². The maximum atomic E-state index is 12.5. The summed E-state index contributed by atoms with van der Waals surface area (Å²) < 4.78 is 0. The molecule has 0 heterocycles. The van der Waals surface area contributed by atoms with E-state index in [9.17, 15) is 33.9 Å². The first-order valence-electron chi connectivity index (χ1n) is 10.5. The van der Waals surface area contributed by atoms with E-state index in [0.29, 0.717) is 5.56 Å². The normalized spacial score (nSPS) is 13.1. The monoisotopic (exact) mass is 496 g/mol. The predicted molar refractivity (Wildman–Crippen MR) is 118 cm³/mol. The summed E-state index contributed by atoms with van der Waals surface area (Å²) in [4.78, 5) is 69.6. The minimum Gasteiger partial charge on any atom is -0.508 e. The highest BCUT2D eigenvalue weighted by atomic mass is 16.4. The van der Waals surface area contributed by atoms with E-state index in [-0.39, 0.29) is 25.0 Å². The largest absolute Gasteiger partial charge is 0.508 e. The highest BCUT2D eigenvalue weighted by molar-refractivity contribution is 5.93. The van der Waals surface area contributed by atoms with Gasteiger partial charge in [0, 0.05) is 12.8 Å². The number of carbonyl (C=O) groups is 6. The fraction of sp³-hybridized carbons (Fsp3) is 0.429. The lowest BCUT2D eigenvalue weighted by atomic mass is 10.0. The lowest BCUT2D eigenvalue weighted by molar-refractivity contribution is -0.143. The summed E-state index contributed by atoms with van der Waals surface area (Å²) >= 11 is 0. The van der Waals surface area contributed by atoms with Gasteiger partial charge >= 0.3 is 17.9 Å². The number of carbonyl (C=O) groups excluding carboxylic acids is 3. The number of nitrogens with one attached hydrogen (secondary N) is 3. The first kappa shape index (κ1) is 28.8. The third-order valence-corrected chi connectivity index (χ3v) is 4.71. The lowest BCUT2D eigenvalue weighted by Gasteiger charge is -2.20. The van der Waals surface area contributed by atoms with Crippen LogP contribution >= 0.6 is 0 Å². The Labute approximate surface area is 199 Å². The number of nitrogens with two attached hydrogens (primary N) is 1. The Morgan fingerprint density at radius 2 is 1.34 bits per heavy atom. The molecule has 14 nitrogen and oxygen atoms in total. The van der Waals surface area contributed by atoms with Crippen LogP contribution in [0.3, 0.4) is 0 Å². The van der Waals surface area contributed by atoms with Crippen molar-refractivity contribution in [3.63, 3.8) is 0 Å². The standard InChI is InChI=1S/C21H28N4O10/c22-13(9-11-1-3-12(26)4-2-11)19(32)25-14(5-7-17(28)29)20(33)23-10-16(27)24-15(21(34)35)6-8-18(30)31/h1-4,13-15,26H,5-10,22H2,(H,23,33)(H,24,27)(H,25,32)(H,28,29)(H,30,31)(H,34,35). The Bertz CT molecular complexity index is 935. The quantitative estimate of drug-likeness (QED) is 0.134. The van der Waals surface area contributed by atoms with Crippen molar-refractivity contribution in [3.05, 3.63) is 29.8 Å². The molecule has 35 heavy (non-hydrogen) atoms. The van der Waals surface area contributed by atoms with E-state index in [2.05, 4.69) is 16.0 Å². The third-order valence-electron chi connectivity index (χ3n) is 4.71. The van der Waals surface area contributed by atoms with Gasteiger partial charge < -0.3 is 42.1 Å². The van der Waals surface area contributed by atoms with Crippen LogP contribution in [0.4, 0.5) is 0 Å². The van der Waals surface area contributed by atoms with Crippen molar-refractivity contribution in [1.82, 2.24) is 16.0 Å². The Kier molecular flexibility index (Phi) is 11.7. The summed E-state index contributed by atoms with van der Waals surface area (Å²) in [5, 5.41) is 42.5. The molecule has 0 saturated carbocycles. The molecular weight excluding hydrogens is 468 g/mol. The zero-order chi connectivity index (χ0) is 26.5. The van der Waals surface area contributed by atoms with Crippen LogP contribution < -0.4 is 21.7 Å². The first-order chi connectivity index (χ1) is 16.4. The van der Waals surface area contributed by atoms with Gasteiger partial charge in [0.2, 0.25) is 17.7 Å². The Hall–Kier alpha value is -4.20. The van der Waals surface area contributed by atoms with Crippen LogP contribution in [0.1, 0.15) is 31.2 Å². The number of carboxylic acids is 3. The van der Waals surface area contributed by atoms with Gasteiger partial charge in [0.1, 0.15) is 17.8 Å². The Morgan fingerprint density at radius 3 is 1.86 bits per heavy atom. The molecule has 1 aromatic carbocycles. The van der Waals surface area contributed by atoms with Gasteiger partial charge in [-0.1, -0.05) is 12.1 Å². The number of phenols is 1. The highest BCUT2D eigenvalue weighted by Gasteiger charge is 2.26. The van der Waals surface area contributed by atoms with E-state index in [1.54, 1.807) is 12.1 Å².